The molecular weight excluding hydrogens is 756 g/mol. The number of nitrogens with zero attached hydrogens (tertiary/aromatic N) is 2. The number of amides is 1. The lowest BCUT2D eigenvalue weighted by Crippen LogP contribution is -2.32. The zero-order valence-corrected chi connectivity index (χ0v) is 35.1. The van der Waals surface area contributed by atoms with Crippen molar-refractivity contribution in [1.29, 1.82) is 5.26 Å². The summed E-state index contributed by atoms with van der Waals surface area (Å²) in [5.74, 6) is 0.783. The van der Waals surface area contributed by atoms with Gasteiger partial charge >= 0.3 is 6.18 Å². The number of nitriles is 1. The van der Waals surface area contributed by atoms with Crippen LogP contribution in [0.4, 0.5) is 13.2 Å². The van der Waals surface area contributed by atoms with E-state index >= 15 is 0 Å². The molecule has 2 aromatic rings. The number of thiocarbonyl (C=S) groups is 1. The monoisotopic (exact) mass is 805 g/mol. The summed E-state index contributed by atoms with van der Waals surface area (Å²) < 4.78 is 46.8. The van der Waals surface area contributed by atoms with E-state index in [4.69, 9.17) is 27.2 Å². The molecular formula is C48H50F3N3O3S. The number of nitrogens with one attached hydrogen (secondary N) is 1. The topological polar surface area (TPSA) is 91.6 Å². The van der Waals surface area contributed by atoms with Crippen molar-refractivity contribution in [3.05, 3.63) is 128 Å². The fourth-order valence-corrected chi connectivity index (χ4v) is 7.90. The molecule has 5 rings (SSSR count). The lowest BCUT2D eigenvalue weighted by Gasteiger charge is -2.31. The zero-order valence-electron chi connectivity index (χ0n) is 34.2. The summed E-state index contributed by atoms with van der Waals surface area (Å²) in [5, 5.41) is 12.3. The van der Waals surface area contributed by atoms with E-state index < -0.39 is 22.7 Å². The van der Waals surface area contributed by atoms with E-state index in [0.29, 0.717) is 47.0 Å². The second-order valence-corrected chi connectivity index (χ2v) is 16.0. The summed E-state index contributed by atoms with van der Waals surface area (Å²) >= 11 is 5.71. The number of hydrogen-bond acceptors (Lipinski definition) is 6. The fraction of sp³-hybridized carbons (Fsp3) is 0.375. The summed E-state index contributed by atoms with van der Waals surface area (Å²) in [5.41, 5.74) is 9.58. The number of halogens is 3. The summed E-state index contributed by atoms with van der Waals surface area (Å²) in [6.45, 7) is 13.7. The minimum Gasteiger partial charge on any atom is -0.493 e. The van der Waals surface area contributed by atoms with Crippen LogP contribution in [0.15, 0.2) is 105 Å². The molecule has 302 valence electrons. The molecule has 3 aliphatic rings. The molecule has 0 saturated carbocycles. The van der Waals surface area contributed by atoms with E-state index in [-0.39, 0.29) is 23.2 Å². The van der Waals surface area contributed by atoms with E-state index in [2.05, 4.69) is 24.0 Å². The molecule has 0 saturated heterocycles. The highest BCUT2D eigenvalue weighted by atomic mass is 32.1. The minimum absolute atomic E-state index is 0.00171. The molecule has 1 N–H and O–H groups in total. The number of alkyl halides is 3. The second kappa shape index (κ2) is 18.5. The number of hydrogen-bond donors (Lipinski definition) is 1. The lowest BCUT2D eigenvalue weighted by atomic mass is 9.71. The first-order chi connectivity index (χ1) is 27.5. The molecule has 6 nitrogen and oxygen atoms in total. The lowest BCUT2D eigenvalue weighted by molar-refractivity contribution is -0.137. The summed E-state index contributed by atoms with van der Waals surface area (Å²) in [7, 11) is 0. The number of rotatable bonds is 12. The van der Waals surface area contributed by atoms with Gasteiger partial charge in [-0.25, -0.2) is 4.99 Å². The Bertz CT molecular complexity index is 2320. The van der Waals surface area contributed by atoms with Gasteiger partial charge in [0.15, 0.2) is 0 Å². The van der Waals surface area contributed by atoms with Crippen LogP contribution in [0, 0.1) is 22.7 Å². The highest BCUT2D eigenvalue weighted by molar-refractivity contribution is 7.81. The first-order valence-electron chi connectivity index (χ1n) is 19.8. The summed E-state index contributed by atoms with van der Waals surface area (Å²) in [4.78, 5) is 32.2. The average molecular weight is 806 g/mol. The van der Waals surface area contributed by atoms with Crippen LogP contribution in [-0.4, -0.2) is 29.0 Å². The van der Waals surface area contributed by atoms with Gasteiger partial charge in [-0.3, -0.25) is 9.59 Å². The Morgan fingerprint density at radius 1 is 1.12 bits per heavy atom. The Labute approximate surface area is 345 Å². The third-order valence-corrected chi connectivity index (χ3v) is 11.5. The fourth-order valence-electron chi connectivity index (χ4n) is 7.70. The number of allylic oxidation sites excluding steroid dienone is 7. The number of benzene rings is 2. The smallest absolute Gasteiger partial charge is 0.417 e. The largest absolute Gasteiger partial charge is 0.493 e. The first kappa shape index (κ1) is 43.8. The van der Waals surface area contributed by atoms with Crippen molar-refractivity contribution in [2.75, 3.05) is 6.61 Å². The number of amidine groups is 1. The van der Waals surface area contributed by atoms with Gasteiger partial charge in [-0.1, -0.05) is 55.4 Å². The van der Waals surface area contributed by atoms with Crippen LogP contribution in [0.5, 0.6) is 5.75 Å². The van der Waals surface area contributed by atoms with Crippen LogP contribution in [0.1, 0.15) is 121 Å². The average Bonchev–Trinajstić information content (AvgIpc) is 3.56. The van der Waals surface area contributed by atoms with Gasteiger partial charge in [0.05, 0.1) is 29.4 Å². The number of ketones is 1. The molecule has 1 aliphatic heterocycles. The molecule has 10 heteroatoms. The van der Waals surface area contributed by atoms with Crippen LogP contribution in [0.2, 0.25) is 0 Å². The summed E-state index contributed by atoms with van der Waals surface area (Å²) in [6.07, 6.45) is 9.63. The van der Waals surface area contributed by atoms with E-state index in [1.165, 1.54) is 12.1 Å². The van der Waals surface area contributed by atoms with Gasteiger partial charge in [0.25, 0.3) is 5.91 Å². The molecule has 1 amide bonds. The van der Waals surface area contributed by atoms with Gasteiger partial charge < -0.3 is 10.1 Å². The van der Waals surface area contributed by atoms with Crippen molar-refractivity contribution in [3.8, 4) is 11.8 Å². The molecule has 0 bridgehead atoms. The number of ether oxygens (including phenoxy) is 1. The van der Waals surface area contributed by atoms with Crippen LogP contribution >= 0.6 is 12.2 Å². The Kier molecular flexibility index (Phi) is 13.9. The van der Waals surface area contributed by atoms with Gasteiger partial charge in [0, 0.05) is 28.5 Å². The third-order valence-electron chi connectivity index (χ3n) is 11.2. The van der Waals surface area contributed by atoms with Crippen molar-refractivity contribution in [2.24, 2.45) is 16.3 Å². The molecule has 2 aliphatic carbocycles. The number of carbonyl (C=O) groups is 2. The minimum atomic E-state index is -4.67. The predicted molar refractivity (Wildman–Crippen MR) is 229 cm³/mol. The SMILES string of the molecule is CCCC1=C=C(C)C(C)=C2C(=O)NC(c3cc(C4=CCCC(/C(=C/C(=S)/C=C/c5ccc(C#N)c(C(F)(F)F)c5)C(C)(C)C(C)=O)CC4)ccc3OCC)=NC=C2C1. The van der Waals surface area contributed by atoms with Crippen LogP contribution in [-0.2, 0) is 15.8 Å². The van der Waals surface area contributed by atoms with E-state index in [9.17, 15) is 22.8 Å². The number of Topliss-reactive ketones (excluding diaryl/α,β-unsaturated/α-hetero) is 1. The van der Waals surface area contributed by atoms with Gasteiger partial charge in [0.1, 0.15) is 17.4 Å². The molecule has 1 atom stereocenters. The Morgan fingerprint density at radius 3 is 2.55 bits per heavy atom. The summed E-state index contributed by atoms with van der Waals surface area (Å²) in [6, 6.07) is 11.1. The van der Waals surface area contributed by atoms with Crippen molar-refractivity contribution in [1.82, 2.24) is 5.32 Å². The van der Waals surface area contributed by atoms with Gasteiger partial charge in [-0.05, 0) is 155 Å². The highest BCUT2D eigenvalue weighted by Crippen LogP contribution is 2.42. The molecule has 58 heavy (non-hydrogen) atoms. The third kappa shape index (κ3) is 10.0. The Morgan fingerprint density at radius 2 is 1.88 bits per heavy atom. The molecule has 0 spiro atoms. The maximum absolute atomic E-state index is 13.9. The van der Waals surface area contributed by atoms with Gasteiger partial charge in [-0.2, -0.15) is 18.4 Å². The van der Waals surface area contributed by atoms with E-state index in [0.717, 1.165) is 83.2 Å². The number of aliphatic imine (C=N–C) groups is 1. The van der Waals surface area contributed by atoms with E-state index in [1.807, 2.05) is 58.9 Å². The van der Waals surface area contributed by atoms with Gasteiger partial charge in [-0.15, -0.1) is 5.73 Å². The standard InChI is InChI=1S/C48H50F3N3O3S/c1-8-11-33-22-29(3)30(4)44-38(23-33)28-53-45(54-46(44)56)40-25-36(19-21-43(40)57-9-2)34-12-10-13-35(18-17-34)41(47(6,7)31(5)55)26-39(58)20-15-32-14-16-37(27-52)42(24-32)48(49,50)51/h12,14-16,19-21,24-26,28,35H,8-11,13,17-18,23H2,1-7H3,(H,53,54,56)/b20-15+,41-26-. The normalized spacial score (nSPS) is 18.0. The molecule has 2 aromatic carbocycles. The quantitative estimate of drug-likeness (QED) is 0.131. The molecule has 1 unspecified atom stereocenters. The van der Waals surface area contributed by atoms with Crippen LogP contribution in [0.3, 0.4) is 0 Å². The van der Waals surface area contributed by atoms with Crippen molar-refractivity contribution < 1.29 is 27.5 Å². The zero-order chi connectivity index (χ0) is 42.4. The number of fused-ring (bicyclic) bond motifs is 1. The van der Waals surface area contributed by atoms with Crippen molar-refractivity contribution >= 4 is 46.3 Å². The van der Waals surface area contributed by atoms with E-state index in [1.54, 1.807) is 25.3 Å². The Balaban J connectivity index is 1.42. The second-order valence-electron chi connectivity index (χ2n) is 15.5. The molecule has 0 fully saturated rings. The number of carbonyl (C=O) groups excluding carboxylic acids is 2. The Hall–Kier alpha value is -5.36. The maximum atomic E-state index is 13.9. The molecule has 0 radical (unpaired) electrons. The molecule has 1 heterocycles. The van der Waals surface area contributed by atoms with Crippen LogP contribution in [0.25, 0.3) is 11.6 Å². The molecule has 0 aromatic heterocycles. The highest BCUT2D eigenvalue weighted by Gasteiger charge is 2.35. The van der Waals surface area contributed by atoms with Crippen molar-refractivity contribution in [3.63, 3.8) is 0 Å². The van der Waals surface area contributed by atoms with Crippen molar-refractivity contribution in [2.45, 2.75) is 99.6 Å². The van der Waals surface area contributed by atoms with Crippen LogP contribution < -0.4 is 10.1 Å². The first-order valence-corrected chi connectivity index (χ1v) is 20.2. The predicted octanol–water partition coefficient (Wildman–Crippen LogP) is 11.9. The maximum Gasteiger partial charge on any atom is 0.417 e. The van der Waals surface area contributed by atoms with Gasteiger partial charge in [0.2, 0.25) is 0 Å².